The van der Waals surface area contributed by atoms with Crippen molar-refractivity contribution in [1.82, 2.24) is 25.5 Å². The van der Waals surface area contributed by atoms with Crippen LogP contribution >= 0.6 is 0 Å². The van der Waals surface area contributed by atoms with Gasteiger partial charge in [0.15, 0.2) is 0 Å². The first-order chi connectivity index (χ1) is 12.2. The molecule has 3 aromatic rings. The minimum absolute atomic E-state index is 0.0670. The van der Waals surface area contributed by atoms with Gasteiger partial charge >= 0.3 is 0 Å². The van der Waals surface area contributed by atoms with Crippen molar-refractivity contribution < 1.29 is 4.79 Å². The fraction of sp³-hybridized carbons (Fsp3) is 0.263. The van der Waals surface area contributed by atoms with Crippen molar-refractivity contribution >= 4 is 5.91 Å². The van der Waals surface area contributed by atoms with E-state index in [1.165, 1.54) is 21.5 Å². The molecule has 6 heteroatoms. The molecule has 0 unspecified atom stereocenters. The Balaban J connectivity index is 1.41. The lowest BCUT2D eigenvalue weighted by molar-refractivity contribution is -0.122. The second-order valence-corrected chi connectivity index (χ2v) is 6.37. The molecule has 0 radical (unpaired) electrons. The monoisotopic (exact) mass is 333 g/mol. The van der Waals surface area contributed by atoms with Crippen LogP contribution in [0.15, 0.2) is 48.5 Å². The van der Waals surface area contributed by atoms with E-state index in [4.69, 9.17) is 0 Å². The number of nitrogens with zero attached hydrogens (tertiary/aromatic N) is 4. The topological polar surface area (TPSA) is 72.7 Å². The summed E-state index contributed by atoms with van der Waals surface area (Å²) in [5.41, 5.74) is 4.59. The van der Waals surface area contributed by atoms with Crippen LogP contribution in [-0.2, 0) is 17.8 Å². The predicted molar refractivity (Wildman–Crippen MR) is 93.6 cm³/mol. The van der Waals surface area contributed by atoms with Gasteiger partial charge < -0.3 is 5.32 Å². The quantitative estimate of drug-likeness (QED) is 0.796. The largest absolute Gasteiger partial charge is 0.348 e. The van der Waals surface area contributed by atoms with Crippen LogP contribution in [0.4, 0.5) is 0 Å². The number of aryl methyl sites for hydroxylation is 2. The Labute approximate surface area is 145 Å². The molecule has 126 valence electrons. The molecule has 1 aliphatic carbocycles. The van der Waals surface area contributed by atoms with Gasteiger partial charge in [0.25, 0.3) is 0 Å². The van der Waals surface area contributed by atoms with E-state index in [0.717, 1.165) is 18.4 Å². The van der Waals surface area contributed by atoms with E-state index in [-0.39, 0.29) is 18.5 Å². The summed E-state index contributed by atoms with van der Waals surface area (Å²) < 4.78 is 0. The molecule has 25 heavy (non-hydrogen) atoms. The van der Waals surface area contributed by atoms with Crippen molar-refractivity contribution in [2.45, 2.75) is 32.4 Å². The molecule has 0 saturated heterocycles. The van der Waals surface area contributed by atoms with Crippen LogP contribution in [0.2, 0.25) is 0 Å². The van der Waals surface area contributed by atoms with E-state index in [9.17, 15) is 4.79 Å². The number of rotatable bonds is 4. The van der Waals surface area contributed by atoms with Crippen LogP contribution in [0.25, 0.3) is 11.4 Å². The average Bonchev–Trinajstić information content (AvgIpc) is 3.23. The summed E-state index contributed by atoms with van der Waals surface area (Å²) in [6.07, 6.45) is 1.94. The van der Waals surface area contributed by atoms with Crippen molar-refractivity contribution in [3.8, 4) is 11.4 Å². The van der Waals surface area contributed by atoms with Gasteiger partial charge in [-0.3, -0.25) is 4.79 Å². The summed E-state index contributed by atoms with van der Waals surface area (Å²) >= 11 is 0. The molecular weight excluding hydrogens is 314 g/mol. The fourth-order valence-electron chi connectivity index (χ4n) is 3.20. The zero-order valence-electron chi connectivity index (χ0n) is 14.0. The molecule has 1 heterocycles. The number of benzene rings is 2. The molecule has 0 fully saturated rings. The first kappa shape index (κ1) is 15.5. The summed E-state index contributed by atoms with van der Waals surface area (Å²) in [5.74, 6) is 0.425. The molecule has 0 saturated carbocycles. The van der Waals surface area contributed by atoms with Crippen LogP contribution in [-0.4, -0.2) is 26.1 Å². The molecule has 0 aliphatic heterocycles. The number of hydrogen-bond acceptors (Lipinski definition) is 4. The molecule has 0 spiro atoms. The first-order valence-corrected chi connectivity index (χ1v) is 8.41. The maximum atomic E-state index is 12.3. The molecule has 1 amide bonds. The van der Waals surface area contributed by atoms with Crippen LogP contribution in [0.3, 0.4) is 0 Å². The minimum Gasteiger partial charge on any atom is -0.348 e. The van der Waals surface area contributed by atoms with Gasteiger partial charge in [-0.2, -0.15) is 4.80 Å². The summed E-state index contributed by atoms with van der Waals surface area (Å²) in [6, 6.07) is 16.2. The summed E-state index contributed by atoms with van der Waals surface area (Å²) in [7, 11) is 0. The second-order valence-electron chi connectivity index (χ2n) is 6.37. The molecule has 6 nitrogen and oxygen atoms in total. The highest BCUT2D eigenvalue weighted by Crippen LogP contribution is 2.30. The third kappa shape index (κ3) is 3.28. The van der Waals surface area contributed by atoms with Gasteiger partial charge in [-0.1, -0.05) is 54.1 Å². The number of nitrogens with one attached hydrogen (secondary N) is 1. The Morgan fingerprint density at radius 1 is 1.20 bits per heavy atom. The van der Waals surface area contributed by atoms with Crippen LogP contribution in [0.1, 0.15) is 29.2 Å². The Bertz CT molecular complexity index is 900. The van der Waals surface area contributed by atoms with Gasteiger partial charge in [0.1, 0.15) is 6.54 Å². The molecular formula is C19H19N5O. The van der Waals surface area contributed by atoms with Gasteiger partial charge in [0.2, 0.25) is 11.7 Å². The highest BCUT2D eigenvalue weighted by Gasteiger charge is 2.23. The Morgan fingerprint density at radius 3 is 2.84 bits per heavy atom. The van der Waals surface area contributed by atoms with E-state index in [1.807, 2.05) is 43.3 Å². The van der Waals surface area contributed by atoms with Gasteiger partial charge in [0.05, 0.1) is 6.04 Å². The SMILES string of the molecule is Cc1ccc(-c2nnn(CC(=O)N[C@@H]3CCc4ccccc43)n2)cc1. The average molecular weight is 333 g/mol. The number of carbonyl (C=O) groups excluding carboxylic acids is 1. The minimum atomic E-state index is -0.102. The highest BCUT2D eigenvalue weighted by molar-refractivity contribution is 5.76. The molecule has 1 atom stereocenters. The lowest BCUT2D eigenvalue weighted by atomic mass is 10.1. The molecule has 2 aromatic carbocycles. The van der Waals surface area contributed by atoms with Crippen molar-refractivity contribution in [3.05, 3.63) is 65.2 Å². The summed E-state index contributed by atoms with van der Waals surface area (Å²) in [4.78, 5) is 13.7. The Morgan fingerprint density at radius 2 is 2.00 bits per heavy atom. The molecule has 4 rings (SSSR count). The van der Waals surface area contributed by atoms with E-state index >= 15 is 0 Å². The lowest BCUT2D eigenvalue weighted by Gasteiger charge is -2.13. The normalized spacial score (nSPS) is 15.8. The predicted octanol–water partition coefficient (Wildman–Crippen LogP) is 2.45. The third-order valence-electron chi connectivity index (χ3n) is 4.52. The molecule has 1 aliphatic rings. The number of amides is 1. The van der Waals surface area contributed by atoms with E-state index in [2.05, 4.69) is 32.9 Å². The summed E-state index contributed by atoms with van der Waals surface area (Å²) in [5, 5.41) is 15.4. The van der Waals surface area contributed by atoms with Crippen molar-refractivity contribution in [2.24, 2.45) is 0 Å². The lowest BCUT2D eigenvalue weighted by Crippen LogP contribution is -2.31. The van der Waals surface area contributed by atoms with Gasteiger partial charge in [0, 0.05) is 5.56 Å². The number of tetrazole rings is 1. The highest BCUT2D eigenvalue weighted by atomic mass is 16.2. The number of aromatic nitrogens is 4. The number of hydrogen-bond donors (Lipinski definition) is 1. The number of carbonyl (C=O) groups is 1. The van der Waals surface area contributed by atoms with Crippen LogP contribution in [0, 0.1) is 6.92 Å². The van der Waals surface area contributed by atoms with E-state index in [1.54, 1.807) is 0 Å². The summed E-state index contributed by atoms with van der Waals surface area (Å²) in [6.45, 7) is 2.09. The van der Waals surface area contributed by atoms with E-state index < -0.39 is 0 Å². The third-order valence-corrected chi connectivity index (χ3v) is 4.52. The van der Waals surface area contributed by atoms with Crippen molar-refractivity contribution in [3.63, 3.8) is 0 Å². The molecule has 1 aromatic heterocycles. The number of fused-ring (bicyclic) bond motifs is 1. The van der Waals surface area contributed by atoms with Gasteiger partial charge in [-0.05, 0) is 36.1 Å². The smallest absolute Gasteiger partial charge is 0.244 e. The standard InChI is InChI=1S/C19H19N5O/c1-13-6-8-15(9-7-13)19-21-23-24(22-19)12-18(25)20-17-11-10-14-4-2-3-5-16(14)17/h2-9,17H,10-12H2,1H3,(H,20,25)/t17-/m1/s1. The van der Waals surface area contributed by atoms with Crippen molar-refractivity contribution in [1.29, 1.82) is 0 Å². The van der Waals surface area contributed by atoms with E-state index in [0.29, 0.717) is 5.82 Å². The second kappa shape index (κ2) is 6.47. The maximum Gasteiger partial charge on any atom is 0.244 e. The fourth-order valence-corrected chi connectivity index (χ4v) is 3.20. The van der Waals surface area contributed by atoms with Crippen LogP contribution < -0.4 is 5.32 Å². The van der Waals surface area contributed by atoms with Gasteiger partial charge in [-0.15, -0.1) is 10.2 Å². The first-order valence-electron chi connectivity index (χ1n) is 8.41. The Hall–Kier alpha value is -3.02. The Kier molecular flexibility index (Phi) is 4.01. The zero-order chi connectivity index (χ0) is 17.2. The van der Waals surface area contributed by atoms with Gasteiger partial charge in [-0.25, -0.2) is 0 Å². The zero-order valence-corrected chi connectivity index (χ0v) is 14.0. The molecule has 0 bridgehead atoms. The maximum absolute atomic E-state index is 12.3. The van der Waals surface area contributed by atoms with Crippen LogP contribution in [0.5, 0.6) is 0 Å². The molecule has 1 N–H and O–H groups in total. The van der Waals surface area contributed by atoms with Crippen molar-refractivity contribution in [2.75, 3.05) is 0 Å².